The highest BCUT2D eigenvalue weighted by Crippen LogP contribution is 2.25. The molecule has 1 saturated heterocycles. The Morgan fingerprint density at radius 3 is 2.85 bits per heavy atom. The summed E-state index contributed by atoms with van der Waals surface area (Å²) in [5, 5.41) is 3.54. The highest BCUT2D eigenvalue weighted by atomic mass is 16.5. The van der Waals surface area contributed by atoms with Crippen molar-refractivity contribution in [1.29, 1.82) is 0 Å². The Morgan fingerprint density at radius 1 is 1.45 bits per heavy atom. The minimum atomic E-state index is -0.377. The van der Waals surface area contributed by atoms with Crippen molar-refractivity contribution in [3.63, 3.8) is 0 Å². The number of ether oxygens (including phenoxy) is 1. The largest absolute Gasteiger partial charge is 0.382 e. The van der Waals surface area contributed by atoms with E-state index in [1.165, 1.54) is 0 Å². The van der Waals surface area contributed by atoms with Crippen molar-refractivity contribution in [2.24, 2.45) is 11.7 Å². The molecule has 2 atom stereocenters. The molecular formula is C16H24N2O2. The van der Waals surface area contributed by atoms with Gasteiger partial charge in [-0.1, -0.05) is 19.9 Å². The molecule has 0 aliphatic carbocycles. The minimum Gasteiger partial charge on any atom is -0.382 e. The minimum absolute atomic E-state index is 0.306. The molecule has 4 nitrogen and oxygen atoms in total. The number of primary amides is 1. The third kappa shape index (κ3) is 3.31. The van der Waals surface area contributed by atoms with Crippen LogP contribution in [-0.2, 0) is 4.74 Å². The second-order valence-electron chi connectivity index (χ2n) is 5.86. The van der Waals surface area contributed by atoms with E-state index < -0.39 is 0 Å². The first-order valence-electron chi connectivity index (χ1n) is 7.26. The van der Waals surface area contributed by atoms with Gasteiger partial charge in [0.15, 0.2) is 0 Å². The maximum absolute atomic E-state index is 11.4. The molecule has 1 aliphatic rings. The molecule has 1 fully saturated rings. The zero-order valence-electron chi connectivity index (χ0n) is 12.5. The summed E-state index contributed by atoms with van der Waals surface area (Å²) in [6.45, 7) is 7.09. The predicted molar refractivity (Wildman–Crippen MR) is 80.9 cm³/mol. The highest BCUT2D eigenvalue weighted by molar-refractivity contribution is 5.95. The first-order valence-corrected chi connectivity index (χ1v) is 7.26. The van der Waals surface area contributed by atoms with Crippen LogP contribution < -0.4 is 11.1 Å². The van der Waals surface area contributed by atoms with Crippen LogP contribution in [0.2, 0.25) is 0 Å². The van der Waals surface area contributed by atoms with Gasteiger partial charge in [0.1, 0.15) is 0 Å². The van der Waals surface area contributed by atoms with Crippen molar-refractivity contribution in [2.45, 2.75) is 45.8 Å². The normalized spacial score (nSPS) is 22.8. The van der Waals surface area contributed by atoms with E-state index >= 15 is 0 Å². The maximum atomic E-state index is 11.4. The monoisotopic (exact) mass is 276 g/mol. The number of nitrogens with one attached hydrogen (secondary N) is 1. The molecule has 0 saturated carbocycles. The van der Waals surface area contributed by atoms with E-state index in [0.717, 1.165) is 30.7 Å². The Morgan fingerprint density at radius 2 is 2.20 bits per heavy atom. The second kappa shape index (κ2) is 6.27. The Hall–Kier alpha value is -1.55. The van der Waals surface area contributed by atoms with E-state index in [0.29, 0.717) is 23.6 Å². The van der Waals surface area contributed by atoms with Crippen molar-refractivity contribution < 1.29 is 9.53 Å². The lowest BCUT2D eigenvalue weighted by Gasteiger charge is -2.33. The van der Waals surface area contributed by atoms with Crippen LogP contribution in [0.25, 0.3) is 0 Å². The van der Waals surface area contributed by atoms with Gasteiger partial charge in [-0.05, 0) is 43.4 Å². The first kappa shape index (κ1) is 14.9. The maximum Gasteiger partial charge on any atom is 0.249 e. The zero-order valence-corrected chi connectivity index (χ0v) is 12.5. The number of hydrogen-bond donors (Lipinski definition) is 2. The van der Waals surface area contributed by atoms with E-state index in [4.69, 9.17) is 10.5 Å². The number of nitrogens with two attached hydrogens (primary N) is 1. The second-order valence-corrected chi connectivity index (χ2v) is 5.86. The molecule has 1 aromatic carbocycles. The third-order valence-corrected chi connectivity index (χ3v) is 4.02. The number of benzene rings is 1. The van der Waals surface area contributed by atoms with Crippen LogP contribution in [0.3, 0.4) is 0 Å². The van der Waals surface area contributed by atoms with E-state index in [-0.39, 0.29) is 5.91 Å². The van der Waals surface area contributed by atoms with E-state index in [9.17, 15) is 4.79 Å². The van der Waals surface area contributed by atoms with Crippen LogP contribution >= 0.6 is 0 Å². The van der Waals surface area contributed by atoms with Crippen LogP contribution in [0.15, 0.2) is 18.2 Å². The molecule has 20 heavy (non-hydrogen) atoms. The van der Waals surface area contributed by atoms with Crippen molar-refractivity contribution in [3.05, 3.63) is 29.3 Å². The molecule has 2 unspecified atom stereocenters. The van der Waals surface area contributed by atoms with Crippen LogP contribution in [0.1, 0.15) is 42.6 Å². The van der Waals surface area contributed by atoms with Gasteiger partial charge in [-0.3, -0.25) is 4.79 Å². The molecule has 3 N–H and O–H groups in total. The van der Waals surface area contributed by atoms with E-state index in [1.54, 1.807) is 6.07 Å². The summed E-state index contributed by atoms with van der Waals surface area (Å²) in [5.41, 5.74) is 7.90. The van der Waals surface area contributed by atoms with Gasteiger partial charge in [0.05, 0.1) is 6.10 Å². The molecule has 0 spiro atoms. The molecule has 1 heterocycles. The Kier molecular flexibility index (Phi) is 4.65. The number of anilines is 1. The average Bonchev–Trinajstić information content (AvgIpc) is 2.41. The Bertz CT molecular complexity index is 485. The molecule has 0 bridgehead atoms. The molecule has 0 aromatic heterocycles. The van der Waals surface area contributed by atoms with Gasteiger partial charge in [0.25, 0.3) is 0 Å². The summed E-state index contributed by atoms with van der Waals surface area (Å²) < 4.78 is 5.79. The number of rotatable bonds is 4. The number of carbonyl (C=O) groups excluding carboxylic acids is 1. The fraction of sp³-hybridized carbons (Fsp3) is 0.562. The first-order chi connectivity index (χ1) is 9.49. The topological polar surface area (TPSA) is 64.3 Å². The van der Waals surface area contributed by atoms with Crippen molar-refractivity contribution in [2.75, 3.05) is 11.9 Å². The van der Waals surface area contributed by atoms with Gasteiger partial charge in [0.2, 0.25) is 5.91 Å². The Balaban J connectivity index is 2.10. The van der Waals surface area contributed by atoms with Gasteiger partial charge in [-0.25, -0.2) is 0 Å². The molecule has 1 aliphatic heterocycles. The van der Waals surface area contributed by atoms with Gasteiger partial charge in [-0.15, -0.1) is 0 Å². The van der Waals surface area contributed by atoms with Gasteiger partial charge in [-0.2, -0.15) is 0 Å². The molecule has 0 radical (unpaired) electrons. The summed E-state index contributed by atoms with van der Waals surface area (Å²) in [6, 6.07) is 6.03. The summed E-state index contributed by atoms with van der Waals surface area (Å²) in [6.07, 6.45) is 2.29. The third-order valence-electron chi connectivity index (χ3n) is 4.02. The molecular weight excluding hydrogens is 252 g/mol. The lowest BCUT2D eigenvalue weighted by molar-refractivity contribution is -0.0160. The SMILES string of the molecule is Cc1c(NC2CCOC(C(C)C)C2)cccc1C(N)=O. The fourth-order valence-corrected chi connectivity index (χ4v) is 2.70. The standard InChI is InChI=1S/C16H24N2O2/c1-10(2)15-9-12(7-8-20-15)18-14-6-4-5-13(11(14)3)16(17)19/h4-6,10,12,15,18H,7-9H2,1-3H3,(H2,17,19). The van der Waals surface area contributed by atoms with Gasteiger partial charge in [0, 0.05) is 23.9 Å². The molecule has 110 valence electrons. The molecule has 1 aromatic rings. The van der Waals surface area contributed by atoms with Crippen LogP contribution in [0, 0.1) is 12.8 Å². The Labute approximate surface area is 120 Å². The smallest absolute Gasteiger partial charge is 0.249 e. The quantitative estimate of drug-likeness (QED) is 0.888. The number of amides is 1. The lowest BCUT2D eigenvalue weighted by Crippen LogP contribution is -2.36. The fourth-order valence-electron chi connectivity index (χ4n) is 2.70. The van der Waals surface area contributed by atoms with Crippen molar-refractivity contribution in [3.8, 4) is 0 Å². The van der Waals surface area contributed by atoms with Crippen LogP contribution in [0.4, 0.5) is 5.69 Å². The van der Waals surface area contributed by atoms with Gasteiger partial charge < -0.3 is 15.8 Å². The zero-order chi connectivity index (χ0) is 14.7. The summed E-state index contributed by atoms with van der Waals surface area (Å²) in [7, 11) is 0. The number of hydrogen-bond acceptors (Lipinski definition) is 3. The lowest BCUT2D eigenvalue weighted by atomic mass is 9.94. The van der Waals surface area contributed by atoms with Crippen molar-refractivity contribution in [1.82, 2.24) is 0 Å². The van der Waals surface area contributed by atoms with Crippen LogP contribution in [-0.4, -0.2) is 24.7 Å². The molecule has 4 heteroatoms. The summed E-state index contributed by atoms with van der Waals surface area (Å²) in [4.78, 5) is 11.4. The molecule has 2 rings (SSSR count). The average molecular weight is 276 g/mol. The van der Waals surface area contributed by atoms with Gasteiger partial charge >= 0.3 is 0 Å². The van der Waals surface area contributed by atoms with E-state index in [1.807, 2.05) is 19.1 Å². The summed E-state index contributed by atoms with van der Waals surface area (Å²) in [5.74, 6) is 0.149. The molecule has 1 amide bonds. The highest BCUT2D eigenvalue weighted by Gasteiger charge is 2.25. The number of carbonyl (C=O) groups is 1. The van der Waals surface area contributed by atoms with Crippen LogP contribution in [0.5, 0.6) is 0 Å². The van der Waals surface area contributed by atoms with Crippen molar-refractivity contribution >= 4 is 11.6 Å². The summed E-state index contributed by atoms with van der Waals surface area (Å²) >= 11 is 0. The van der Waals surface area contributed by atoms with E-state index in [2.05, 4.69) is 19.2 Å². The predicted octanol–water partition coefficient (Wildman–Crippen LogP) is 2.71.